The van der Waals surface area contributed by atoms with Gasteiger partial charge in [0.15, 0.2) is 22.9 Å². The summed E-state index contributed by atoms with van der Waals surface area (Å²) in [4.78, 5) is 44.6. The molecule has 2 heterocycles. The molecule has 4 aromatic rings. The van der Waals surface area contributed by atoms with Crippen LogP contribution >= 0.6 is 49.9 Å². The number of rotatable bonds is 12. The molecule has 0 unspecified atom stereocenters. The van der Waals surface area contributed by atoms with Gasteiger partial charge in [-0.3, -0.25) is 9.36 Å². The van der Waals surface area contributed by atoms with E-state index in [1.165, 1.54) is 23.0 Å². The molecule has 0 N–H and O–H groups in total. The molecule has 0 fully saturated rings. The maximum Gasteiger partial charge on any atom is 0.343 e. The second-order valence-corrected chi connectivity index (χ2v) is 13.5. The minimum atomic E-state index is -0.882. The molecule has 10 nitrogen and oxygen atoms in total. The van der Waals surface area contributed by atoms with Gasteiger partial charge in [-0.1, -0.05) is 63.7 Å². The number of hydrogen-bond acceptors (Lipinski definition) is 10. The minimum absolute atomic E-state index is 0.143. The Morgan fingerprint density at radius 2 is 1.79 bits per heavy atom. The molecule has 0 aliphatic carbocycles. The second kappa shape index (κ2) is 16.0. The molecule has 0 saturated carbocycles. The zero-order valence-electron chi connectivity index (χ0n) is 26.6. The van der Waals surface area contributed by atoms with Crippen LogP contribution in [0.4, 0.5) is 0 Å². The molecule has 1 atom stereocenters. The van der Waals surface area contributed by atoms with Crippen molar-refractivity contribution < 1.29 is 33.3 Å². The lowest BCUT2D eigenvalue weighted by Crippen LogP contribution is -2.40. The lowest BCUT2D eigenvalue weighted by molar-refractivity contribution is -0.143. The molecule has 0 spiro atoms. The van der Waals surface area contributed by atoms with Gasteiger partial charge in [-0.05, 0) is 84.8 Å². The summed E-state index contributed by atoms with van der Waals surface area (Å²) in [6.45, 7) is 5.74. The van der Waals surface area contributed by atoms with E-state index in [0.29, 0.717) is 56.6 Å². The van der Waals surface area contributed by atoms with Crippen molar-refractivity contribution in [1.82, 2.24) is 4.57 Å². The number of methoxy groups -OCH3 is 1. The Labute approximate surface area is 302 Å². The molecule has 0 saturated heterocycles. The van der Waals surface area contributed by atoms with E-state index >= 15 is 0 Å². The van der Waals surface area contributed by atoms with E-state index in [-0.39, 0.29) is 24.3 Å². The molecule has 0 bridgehead atoms. The predicted octanol–water partition coefficient (Wildman–Crippen LogP) is 5.69. The summed E-state index contributed by atoms with van der Waals surface area (Å²) in [7, 11) is 1.27. The van der Waals surface area contributed by atoms with Crippen LogP contribution in [0.5, 0.6) is 17.2 Å². The van der Waals surface area contributed by atoms with E-state index in [1.54, 1.807) is 38.1 Å². The maximum atomic E-state index is 14.3. The van der Waals surface area contributed by atoms with Crippen molar-refractivity contribution in [2.45, 2.75) is 33.4 Å². The van der Waals surface area contributed by atoms with Gasteiger partial charge in [0.1, 0.15) is 12.4 Å². The molecule has 1 aliphatic heterocycles. The fraction of sp³-hybridized carbons (Fsp3) is 0.257. The summed E-state index contributed by atoms with van der Waals surface area (Å²) in [5.41, 5.74) is 2.60. The van der Waals surface area contributed by atoms with Crippen molar-refractivity contribution >= 4 is 67.9 Å². The smallest absolute Gasteiger partial charge is 0.343 e. The van der Waals surface area contributed by atoms with E-state index < -0.39 is 18.0 Å². The first-order chi connectivity index (χ1) is 23.1. The number of carbonyl (C=O) groups excluding carboxylic acids is 2. The van der Waals surface area contributed by atoms with Crippen LogP contribution in [0.1, 0.15) is 43.5 Å². The van der Waals surface area contributed by atoms with Crippen LogP contribution in [0.2, 0.25) is 0 Å². The Balaban J connectivity index is 1.65. The summed E-state index contributed by atoms with van der Waals surface area (Å²) in [5, 5.41) is 0. The first-order valence-corrected chi connectivity index (χ1v) is 17.7. The van der Waals surface area contributed by atoms with E-state index in [1.807, 2.05) is 49.4 Å². The number of aromatic nitrogens is 1. The summed E-state index contributed by atoms with van der Waals surface area (Å²) < 4.78 is 31.5. The standard InChI is InChI=1S/C35H32BrIN2O8S/c1-5-44-27-15-22(12-13-26(27)46-19-29(40)43-4)31-30(34(42)45-6-2)20(3)38-35-39(31)33(41)28(48-35)16-23-14-24(36)17-25(37)32(23)47-18-21-10-8-7-9-11-21/h7-17,31H,5-6,18-19H2,1-4H3/b28-16+/t31-/m0/s1. The second-order valence-electron chi connectivity index (χ2n) is 10.4. The van der Waals surface area contributed by atoms with Gasteiger partial charge in [0.05, 0.1) is 45.7 Å². The van der Waals surface area contributed by atoms with E-state index in [9.17, 15) is 14.4 Å². The molecule has 0 amide bonds. The Morgan fingerprint density at radius 3 is 2.50 bits per heavy atom. The van der Waals surface area contributed by atoms with Crippen LogP contribution in [-0.2, 0) is 25.7 Å². The molecule has 1 aromatic heterocycles. The third-order valence-electron chi connectivity index (χ3n) is 7.22. The van der Waals surface area contributed by atoms with Gasteiger partial charge in [0.2, 0.25) is 0 Å². The molecule has 3 aromatic carbocycles. The van der Waals surface area contributed by atoms with Crippen LogP contribution in [0, 0.1) is 3.57 Å². The van der Waals surface area contributed by atoms with Crippen molar-refractivity contribution in [2.24, 2.45) is 4.99 Å². The predicted molar refractivity (Wildman–Crippen MR) is 193 cm³/mol. The average molecular weight is 848 g/mol. The number of nitrogens with zero attached hydrogens (tertiary/aromatic N) is 2. The lowest BCUT2D eigenvalue weighted by Gasteiger charge is -2.25. The van der Waals surface area contributed by atoms with Crippen molar-refractivity contribution in [3.63, 3.8) is 0 Å². The highest BCUT2D eigenvalue weighted by molar-refractivity contribution is 14.1. The molecule has 1 aliphatic rings. The highest BCUT2D eigenvalue weighted by Gasteiger charge is 2.34. The van der Waals surface area contributed by atoms with Crippen molar-refractivity contribution in [1.29, 1.82) is 0 Å². The number of allylic oxidation sites excluding steroid dienone is 1. The van der Waals surface area contributed by atoms with Crippen LogP contribution in [0.25, 0.3) is 6.08 Å². The highest BCUT2D eigenvalue weighted by atomic mass is 127. The van der Waals surface area contributed by atoms with Crippen LogP contribution in [0.3, 0.4) is 0 Å². The normalized spacial score (nSPS) is 14.2. The van der Waals surface area contributed by atoms with E-state index in [4.69, 9.17) is 23.7 Å². The SMILES string of the molecule is CCOC(=O)C1=C(C)N=c2s/c(=C/c3cc(Br)cc(I)c3OCc3ccccc3)c(=O)n2[C@H]1c1ccc(OCC(=O)OC)c(OCC)c1. The summed E-state index contributed by atoms with van der Waals surface area (Å²) in [5.74, 6) is 0.148. The number of hydrogen-bond donors (Lipinski definition) is 0. The van der Waals surface area contributed by atoms with Crippen LogP contribution in [0.15, 0.2) is 86.2 Å². The van der Waals surface area contributed by atoms with Gasteiger partial charge in [-0.25, -0.2) is 14.6 Å². The number of halogens is 2. The molecule has 13 heteroatoms. The van der Waals surface area contributed by atoms with Gasteiger partial charge in [-0.15, -0.1) is 0 Å². The summed E-state index contributed by atoms with van der Waals surface area (Å²) in [6, 6.07) is 17.9. The molecular formula is C35H32BrIN2O8S. The fourth-order valence-corrected chi connectivity index (χ4v) is 7.84. The van der Waals surface area contributed by atoms with E-state index in [0.717, 1.165) is 13.6 Å². The highest BCUT2D eigenvalue weighted by Crippen LogP contribution is 2.37. The third kappa shape index (κ3) is 7.84. The fourth-order valence-electron chi connectivity index (χ4n) is 5.10. The number of benzene rings is 3. The van der Waals surface area contributed by atoms with Crippen molar-refractivity contribution in [2.75, 3.05) is 26.9 Å². The zero-order chi connectivity index (χ0) is 34.4. The largest absolute Gasteiger partial charge is 0.490 e. The Morgan fingerprint density at radius 1 is 1.02 bits per heavy atom. The van der Waals surface area contributed by atoms with Gasteiger partial charge < -0.3 is 23.7 Å². The number of fused-ring (bicyclic) bond motifs is 1. The van der Waals surface area contributed by atoms with Gasteiger partial charge in [-0.2, -0.15) is 0 Å². The molecule has 250 valence electrons. The molecule has 5 rings (SSSR count). The quantitative estimate of drug-likeness (QED) is 0.132. The first-order valence-electron chi connectivity index (χ1n) is 15.0. The van der Waals surface area contributed by atoms with Crippen LogP contribution in [-0.4, -0.2) is 43.4 Å². The van der Waals surface area contributed by atoms with Crippen LogP contribution < -0.4 is 29.1 Å². The summed E-state index contributed by atoms with van der Waals surface area (Å²) >= 11 is 7.01. The van der Waals surface area contributed by atoms with Gasteiger partial charge in [0.25, 0.3) is 5.56 Å². The van der Waals surface area contributed by atoms with E-state index in [2.05, 4.69) is 43.5 Å². The monoisotopic (exact) mass is 846 g/mol. The van der Waals surface area contributed by atoms with Gasteiger partial charge >= 0.3 is 11.9 Å². The number of ether oxygens (including phenoxy) is 5. The number of carbonyl (C=O) groups is 2. The van der Waals surface area contributed by atoms with Gasteiger partial charge in [0, 0.05) is 10.0 Å². The minimum Gasteiger partial charge on any atom is -0.490 e. The maximum absolute atomic E-state index is 14.3. The molecule has 48 heavy (non-hydrogen) atoms. The molecule has 0 radical (unpaired) electrons. The average Bonchev–Trinajstić information content (AvgIpc) is 3.37. The number of esters is 2. The lowest BCUT2D eigenvalue weighted by atomic mass is 9.95. The molecular weight excluding hydrogens is 815 g/mol. The summed E-state index contributed by atoms with van der Waals surface area (Å²) in [6.07, 6.45) is 1.78. The third-order valence-corrected chi connectivity index (χ3v) is 9.47. The first kappa shape index (κ1) is 35.4. The zero-order valence-corrected chi connectivity index (χ0v) is 31.1. The number of thiazole rings is 1. The Hall–Kier alpha value is -3.95. The van der Waals surface area contributed by atoms with Crippen molar-refractivity contribution in [3.8, 4) is 17.2 Å². The topological polar surface area (TPSA) is 115 Å². The Bertz CT molecular complexity index is 2060. The van der Waals surface area contributed by atoms with Crippen molar-refractivity contribution in [3.05, 3.63) is 116 Å². The Kier molecular flexibility index (Phi) is 11.8.